The van der Waals surface area contributed by atoms with Crippen molar-refractivity contribution in [3.05, 3.63) is 64.1 Å². The zero-order valence-electron chi connectivity index (χ0n) is 16.1. The summed E-state index contributed by atoms with van der Waals surface area (Å²) in [5.74, 6) is -0.252. The predicted octanol–water partition coefficient (Wildman–Crippen LogP) is 4.00. The van der Waals surface area contributed by atoms with E-state index < -0.39 is 5.91 Å². The molecule has 0 aliphatic carbocycles. The molecule has 0 unspecified atom stereocenters. The molecule has 2 aromatic rings. The monoisotopic (exact) mass is 435 g/mol. The van der Waals surface area contributed by atoms with Gasteiger partial charge in [-0.2, -0.15) is 5.10 Å². The van der Waals surface area contributed by atoms with Crippen molar-refractivity contribution in [2.75, 3.05) is 13.2 Å². The number of ether oxygens (including phenoxy) is 1. The van der Waals surface area contributed by atoms with Crippen LogP contribution in [0.3, 0.4) is 0 Å². The number of benzene rings is 2. The number of nitrogens with one attached hydrogen (secondary N) is 2. The van der Waals surface area contributed by atoms with Gasteiger partial charge >= 0.3 is 0 Å². The van der Waals surface area contributed by atoms with Crippen LogP contribution in [0.4, 0.5) is 0 Å². The number of halogens is 2. The van der Waals surface area contributed by atoms with Gasteiger partial charge in [-0.15, -0.1) is 0 Å². The number of hydrazone groups is 1. The molecule has 0 aromatic heterocycles. The third kappa shape index (κ3) is 8.98. The predicted molar refractivity (Wildman–Crippen MR) is 116 cm³/mol. The molecule has 2 rings (SSSR count). The Labute approximate surface area is 180 Å². The lowest BCUT2D eigenvalue weighted by Gasteiger charge is -2.08. The Morgan fingerprint density at radius 1 is 1.07 bits per heavy atom. The molecular weight excluding hydrogens is 413 g/mol. The highest BCUT2D eigenvalue weighted by Crippen LogP contribution is 2.27. The number of carbonyl (C=O) groups excluding carboxylic acids is 2. The maximum atomic E-state index is 11.9. The summed E-state index contributed by atoms with van der Waals surface area (Å²) in [6.45, 7) is 1.99. The minimum atomic E-state index is -0.460. The Morgan fingerprint density at radius 2 is 1.83 bits per heavy atom. The molecule has 2 N–H and O–H groups in total. The molecule has 0 atom stereocenters. The van der Waals surface area contributed by atoms with E-state index >= 15 is 0 Å². The molecule has 154 valence electrons. The van der Waals surface area contributed by atoms with E-state index in [2.05, 4.69) is 28.0 Å². The van der Waals surface area contributed by atoms with Gasteiger partial charge in [0.1, 0.15) is 5.75 Å². The highest BCUT2D eigenvalue weighted by Gasteiger charge is 2.07. The quantitative estimate of drug-likeness (QED) is 0.336. The second-order valence-corrected chi connectivity index (χ2v) is 7.20. The van der Waals surface area contributed by atoms with E-state index in [0.717, 1.165) is 12.8 Å². The smallest absolute Gasteiger partial charge is 0.277 e. The van der Waals surface area contributed by atoms with Gasteiger partial charge in [-0.1, -0.05) is 53.5 Å². The lowest BCUT2D eigenvalue weighted by atomic mass is 10.1. The van der Waals surface area contributed by atoms with Crippen molar-refractivity contribution in [3.8, 4) is 5.75 Å². The average Bonchev–Trinajstić information content (AvgIpc) is 2.70. The summed E-state index contributed by atoms with van der Waals surface area (Å²) in [7, 11) is 0. The fraction of sp³-hybridized carbons (Fsp3) is 0.286. The molecule has 2 amide bonds. The molecule has 2 aromatic carbocycles. The summed E-state index contributed by atoms with van der Waals surface area (Å²) >= 11 is 11.8. The molecule has 0 spiro atoms. The van der Waals surface area contributed by atoms with Crippen molar-refractivity contribution in [3.63, 3.8) is 0 Å². The second-order valence-electron chi connectivity index (χ2n) is 6.36. The van der Waals surface area contributed by atoms with Gasteiger partial charge in [0.15, 0.2) is 6.61 Å². The molecule has 0 bridgehead atoms. The van der Waals surface area contributed by atoms with Crippen LogP contribution in [0.1, 0.15) is 25.3 Å². The minimum Gasteiger partial charge on any atom is -0.482 e. The Balaban J connectivity index is 1.63. The zero-order chi connectivity index (χ0) is 21.1. The molecule has 8 heteroatoms. The Hall–Kier alpha value is -2.57. The van der Waals surface area contributed by atoms with Crippen molar-refractivity contribution in [1.29, 1.82) is 0 Å². The molecule has 0 fully saturated rings. The van der Waals surface area contributed by atoms with Gasteiger partial charge in [-0.25, -0.2) is 5.43 Å². The van der Waals surface area contributed by atoms with Gasteiger partial charge in [0, 0.05) is 17.3 Å². The molecule has 0 radical (unpaired) electrons. The fourth-order valence-corrected chi connectivity index (χ4v) is 2.89. The Bertz CT molecular complexity index is 858. The SMILES string of the molecule is C/C(CC(=O)NCCCc1ccccc1)=N/NC(=O)COc1ccc(Cl)cc1Cl. The van der Waals surface area contributed by atoms with Gasteiger partial charge in [-0.05, 0) is 43.5 Å². The highest BCUT2D eigenvalue weighted by atomic mass is 35.5. The molecule has 6 nitrogen and oxygen atoms in total. The average molecular weight is 436 g/mol. The summed E-state index contributed by atoms with van der Waals surface area (Å²) in [6, 6.07) is 14.8. The first-order chi connectivity index (χ1) is 13.9. The summed E-state index contributed by atoms with van der Waals surface area (Å²) in [6.07, 6.45) is 1.87. The Kier molecular flexibility index (Phi) is 9.47. The number of hydrogen-bond donors (Lipinski definition) is 2. The number of hydrogen-bond acceptors (Lipinski definition) is 4. The molecule has 0 aliphatic heterocycles. The number of nitrogens with zero attached hydrogens (tertiary/aromatic N) is 1. The fourth-order valence-electron chi connectivity index (χ4n) is 2.43. The molecule has 0 saturated heterocycles. The van der Waals surface area contributed by atoms with Crippen LogP contribution < -0.4 is 15.5 Å². The third-order valence-corrected chi connectivity index (χ3v) is 4.38. The lowest BCUT2D eigenvalue weighted by molar-refractivity contribution is -0.123. The summed E-state index contributed by atoms with van der Waals surface area (Å²) in [5, 5.41) is 7.55. The minimum absolute atomic E-state index is 0.107. The van der Waals surface area contributed by atoms with E-state index in [0.29, 0.717) is 28.1 Å². The first-order valence-corrected chi connectivity index (χ1v) is 9.90. The van der Waals surface area contributed by atoms with E-state index in [4.69, 9.17) is 27.9 Å². The van der Waals surface area contributed by atoms with Gasteiger partial charge in [0.2, 0.25) is 5.91 Å². The van der Waals surface area contributed by atoms with Crippen LogP contribution >= 0.6 is 23.2 Å². The lowest BCUT2D eigenvalue weighted by Crippen LogP contribution is -2.29. The largest absolute Gasteiger partial charge is 0.482 e. The van der Waals surface area contributed by atoms with Crippen LogP contribution in [0.5, 0.6) is 5.75 Å². The van der Waals surface area contributed by atoms with E-state index in [1.807, 2.05) is 18.2 Å². The van der Waals surface area contributed by atoms with Crippen LogP contribution in [0.25, 0.3) is 0 Å². The molecular formula is C21H23Cl2N3O3. The first-order valence-electron chi connectivity index (χ1n) is 9.14. The maximum absolute atomic E-state index is 11.9. The first kappa shape index (κ1) is 22.7. The molecule has 0 saturated carbocycles. The Morgan fingerprint density at radius 3 is 2.55 bits per heavy atom. The summed E-state index contributed by atoms with van der Waals surface area (Å²) < 4.78 is 5.32. The molecule has 0 aliphatic rings. The van der Waals surface area contributed by atoms with E-state index in [-0.39, 0.29) is 18.9 Å². The highest BCUT2D eigenvalue weighted by molar-refractivity contribution is 6.35. The summed E-state index contributed by atoms with van der Waals surface area (Å²) in [4.78, 5) is 23.7. The summed E-state index contributed by atoms with van der Waals surface area (Å²) in [5.41, 5.74) is 4.08. The van der Waals surface area contributed by atoms with Gasteiger partial charge in [0.25, 0.3) is 5.91 Å². The topological polar surface area (TPSA) is 79.8 Å². The van der Waals surface area contributed by atoms with E-state index in [9.17, 15) is 9.59 Å². The van der Waals surface area contributed by atoms with Crippen molar-refractivity contribution >= 4 is 40.7 Å². The van der Waals surface area contributed by atoms with Gasteiger partial charge < -0.3 is 10.1 Å². The number of aryl methyl sites for hydroxylation is 1. The van der Waals surface area contributed by atoms with Crippen LogP contribution in [-0.4, -0.2) is 30.7 Å². The molecule has 0 heterocycles. The number of carbonyl (C=O) groups is 2. The maximum Gasteiger partial charge on any atom is 0.277 e. The third-order valence-electron chi connectivity index (χ3n) is 3.85. The van der Waals surface area contributed by atoms with Crippen LogP contribution in [0.2, 0.25) is 10.0 Å². The van der Waals surface area contributed by atoms with Crippen LogP contribution in [0.15, 0.2) is 53.6 Å². The standard InChI is InChI=1S/C21H23Cl2N3O3/c1-15(12-20(27)24-11-5-8-16-6-3-2-4-7-16)25-26-21(28)14-29-19-10-9-17(22)13-18(19)23/h2-4,6-7,9-10,13H,5,8,11-12,14H2,1H3,(H,24,27)(H,26,28)/b25-15-. The van der Waals surface area contributed by atoms with Gasteiger partial charge in [0.05, 0.1) is 11.4 Å². The molecule has 29 heavy (non-hydrogen) atoms. The van der Waals surface area contributed by atoms with Crippen molar-refractivity contribution in [2.45, 2.75) is 26.2 Å². The number of rotatable bonds is 10. The van der Waals surface area contributed by atoms with Crippen LogP contribution in [0, 0.1) is 0 Å². The van der Waals surface area contributed by atoms with Crippen molar-refractivity contribution in [2.24, 2.45) is 5.10 Å². The normalized spacial score (nSPS) is 11.1. The van der Waals surface area contributed by atoms with Gasteiger partial charge in [-0.3, -0.25) is 9.59 Å². The van der Waals surface area contributed by atoms with E-state index in [1.165, 1.54) is 11.6 Å². The van der Waals surface area contributed by atoms with E-state index in [1.54, 1.807) is 19.1 Å². The van der Waals surface area contributed by atoms with Crippen molar-refractivity contribution in [1.82, 2.24) is 10.7 Å². The second kappa shape index (κ2) is 12.1. The van der Waals surface area contributed by atoms with Crippen LogP contribution in [-0.2, 0) is 16.0 Å². The zero-order valence-corrected chi connectivity index (χ0v) is 17.6. The van der Waals surface area contributed by atoms with Crippen molar-refractivity contribution < 1.29 is 14.3 Å². The number of amides is 2.